The molecule has 0 saturated carbocycles. The van der Waals surface area contributed by atoms with Crippen LogP contribution in [0.1, 0.15) is 72.3 Å². The minimum atomic E-state index is -0.0754. The van der Waals surface area contributed by atoms with Crippen molar-refractivity contribution >= 4 is 61.6 Å². The summed E-state index contributed by atoms with van der Waals surface area (Å²) < 4.78 is 0. The lowest BCUT2D eigenvalue weighted by molar-refractivity contribution is 1.42. The first-order valence-electron chi connectivity index (χ1n) is 17.7. The lowest BCUT2D eigenvalue weighted by atomic mass is 9.86. The number of nitrogens with zero attached hydrogens (tertiary/aromatic N) is 12. The van der Waals surface area contributed by atoms with E-state index in [0.717, 1.165) is 0 Å². The zero-order chi connectivity index (χ0) is 44.2. The van der Waals surface area contributed by atoms with Crippen molar-refractivity contribution in [3.63, 3.8) is 0 Å². The highest BCUT2D eigenvalue weighted by atomic mass is 14.7. The first-order valence-corrected chi connectivity index (χ1v) is 17.7. The Hall–Kier alpha value is -11.1. The van der Waals surface area contributed by atoms with Gasteiger partial charge >= 0.3 is 0 Å². The van der Waals surface area contributed by atoms with E-state index >= 15 is 0 Å². The predicted molar refractivity (Wildman–Crippen MR) is 224 cm³/mol. The molecular weight excluding hydrogens is 769 g/mol. The van der Waals surface area contributed by atoms with Gasteiger partial charge in [-0.1, -0.05) is 24.3 Å². The number of nitriles is 9. The molecule has 0 heterocycles. The maximum absolute atomic E-state index is 11.0. The molecule has 0 atom stereocenters. The molecule has 7 rings (SSSR count). The third-order valence-corrected chi connectivity index (χ3v) is 10.2. The second-order valence-corrected chi connectivity index (χ2v) is 13.3. The summed E-state index contributed by atoms with van der Waals surface area (Å²) in [5.41, 5.74) is 2.68. The minimum Gasteiger partial charge on any atom is -0.250 e. The van der Waals surface area contributed by atoms with Crippen LogP contribution < -0.4 is 0 Å². The largest absolute Gasteiger partial charge is 0.250 e. The number of allylic oxidation sites excluding steroid dienone is 8. The van der Waals surface area contributed by atoms with Crippen LogP contribution in [0.15, 0.2) is 84.9 Å². The van der Waals surface area contributed by atoms with E-state index in [1.807, 2.05) is 30.3 Å². The molecule has 0 unspecified atom stereocenters. The van der Waals surface area contributed by atoms with E-state index in [9.17, 15) is 47.4 Å². The maximum Gasteiger partial charge on any atom is 0.195 e. The monoisotopic (exact) mass is 782 g/mol. The van der Waals surface area contributed by atoms with Crippen molar-refractivity contribution in [2.45, 2.75) is 0 Å². The quantitative estimate of drug-likeness (QED) is 0.124. The summed E-state index contributed by atoms with van der Waals surface area (Å²) in [5, 5.41) is 93.3. The molecule has 5 aromatic rings. The Morgan fingerprint density at radius 3 is 1.34 bits per heavy atom. The molecule has 2 aliphatic rings. The highest BCUT2D eigenvalue weighted by molar-refractivity contribution is 6.34. The summed E-state index contributed by atoms with van der Waals surface area (Å²) in [7, 11) is 0. The van der Waals surface area contributed by atoms with Gasteiger partial charge in [-0.2, -0.15) is 47.4 Å². The second kappa shape index (κ2) is 15.8. The van der Waals surface area contributed by atoms with Crippen molar-refractivity contribution in [1.29, 1.82) is 47.4 Å². The Morgan fingerprint density at radius 2 is 0.887 bits per heavy atom. The molecule has 2 aliphatic carbocycles. The number of rotatable bonds is 4. The van der Waals surface area contributed by atoms with E-state index in [-0.39, 0.29) is 134 Å². The first-order chi connectivity index (χ1) is 30.2. The van der Waals surface area contributed by atoms with E-state index in [1.165, 1.54) is 72.8 Å². The van der Waals surface area contributed by atoms with Crippen LogP contribution in [0.4, 0.5) is 17.1 Å². The average molecular weight is 783 g/mol. The fourth-order valence-corrected chi connectivity index (χ4v) is 7.61. The molecule has 0 spiro atoms. The number of hydrogen-bond acceptors (Lipinski definition) is 9. The van der Waals surface area contributed by atoms with Gasteiger partial charge in [-0.25, -0.2) is 4.85 Å². The van der Waals surface area contributed by atoms with Crippen LogP contribution in [0.25, 0.3) is 59.1 Å². The van der Waals surface area contributed by atoms with E-state index in [1.54, 1.807) is 12.1 Å². The molecule has 12 heteroatoms. The Morgan fingerprint density at radius 1 is 0.403 bits per heavy atom. The van der Waals surface area contributed by atoms with Gasteiger partial charge in [0, 0.05) is 39.0 Å². The Balaban J connectivity index is 1.69. The topological polar surface area (TPSA) is 227 Å². The van der Waals surface area contributed by atoms with Crippen LogP contribution >= 0.6 is 0 Å². The molecule has 0 bridgehead atoms. The number of benzene rings is 5. The third-order valence-electron chi connectivity index (χ3n) is 10.2. The van der Waals surface area contributed by atoms with Crippen molar-refractivity contribution in [1.82, 2.24) is 0 Å². The third kappa shape index (κ3) is 6.18. The zero-order valence-electron chi connectivity index (χ0n) is 31.4. The molecule has 0 amide bonds. The van der Waals surface area contributed by atoms with E-state index in [2.05, 4.69) is 38.8 Å². The fraction of sp³-hybridized carbons (Fsp3) is 0. The summed E-state index contributed by atoms with van der Waals surface area (Å²) in [5.74, 6) is 0. The van der Waals surface area contributed by atoms with Gasteiger partial charge in [0.15, 0.2) is 17.1 Å². The Kier molecular flexibility index (Phi) is 10.0. The van der Waals surface area contributed by atoms with Crippen LogP contribution in [0.3, 0.4) is 0 Å². The van der Waals surface area contributed by atoms with Gasteiger partial charge in [-0.3, -0.25) is 9.69 Å². The summed E-state index contributed by atoms with van der Waals surface area (Å²) in [6, 6.07) is 39.1. The summed E-state index contributed by atoms with van der Waals surface area (Å²) in [6.45, 7) is 23.1. The maximum atomic E-state index is 11.0. The molecule has 0 N–H and O–H groups in total. The first kappa shape index (κ1) is 39.2. The lowest BCUT2D eigenvalue weighted by Gasteiger charge is -2.15. The fourth-order valence-electron chi connectivity index (χ4n) is 7.61. The normalized spacial score (nSPS) is 13.2. The van der Waals surface area contributed by atoms with Crippen molar-refractivity contribution in [2.24, 2.45) is 0 Å². The van der Waals surface area contributed by atoms with E-state index < -0.39 is 0 Å². The summed E-state index contributed by atoms with van der Waals surface area (Å²) in [4.78, 5) is 10.4. The van der Waals surface area contributed by atoms with Crippen molar-refractivity contribution in [2.75, 3.05) is 0 Å². The van der Waals surface area contributed by atoms with Gasteiger partial charge in [0.1, 0.15) is 36.4 Å². The van der Waals surface area contributed by atoms with Gasteiger partial charge in [0.25, 0.3) is 0 Å². The molecule has 0 aliphatic heterocycles. The number of fused-ring (bicyclic) bond motifs is 2. The molecular formula is C50H14N12. The van der Waals surface area contributed by atoms with Gasteiger partial charge in [-0.05, 0) is 94.0 Å². The number of hydrogen-bond donors (Lipinski definition) is 0. The van der Waals surface area contributed by atoms with Gasteiger partial charge in [0.2, 0.25) is 0 Å². The second-order valence-electron chi connectivity index (χ2n) is 13.3. The molecule has 0 radical (unpaired) electrons. The van der Waals surface area contributed by atoms with Crippen LogP contribution in [-0.2, 0) is 0 Å². The van der Waals surface area contributed by atoms with Crippen LogP contribution in [-0.4, -0.2) is 0 Å². The molecule has 0 aromatic heterocycles. The molecule has 274 valence electrons. The molecule has 0 fully saturated rings. The average Bonchev–Trinajstić information content (AvgIpc) is 3.81. The van der Waals surface area contributed by atoms with Crippen LogP contribution in [0.5, 0.6) is 0 Å². The van der Waals surface area contributed by atoms with Gasteiger partial charge in [0.05, 0.1) is 82.5 Å². The summed E-state index contributed by atoms with van der Waals surface area (Å²) >= 11 is 0. The highest BCUT2D eigenvalue weighted by Gasteiger charge is 2.38. The Labute approximate surface area is 354 Å². The summed E-state index contributed by atoms with van der Waals surface area (Å²) in [6.07, 6.45) is 0. The van der Waals surface area contributed by atoms with Gasteiger partial charge < -0.3 is 0 Å². The molecule has 62 heavy (non-hydrogen) atoms. The molecule has 12 nitrogen and oxygen atoms in total. The SMILES string of the molecule is [C-]#[N+]c1cc(C#N)cc(/C(C#N)=C2\C(c3ccc([N+]#[C-])c([N+]#[C-])c3)=C(C#N)c3cc4c(cc32)C(C#N)=C(c2ccc(C#N)c(C#N)c2)/C4=C(/C#N)c2cc(C#N)cc(C#N)c2)c1. The van der Waals surface area contributed by atoms with Crippen molar-refractivity contribution in [3.8, 4) is 54.6 Å². The Bertz CT molecular complexity index is 3350. The minimum absolute atomic E-state index is 0.000574. The van der Waals surface area contributed by atoms with Crippen LogP contribution in [0.2, 0.25) is 0 Å². The zero-order valence-corrected chi connectivity index (χ0v) is 31.4. The van der Waals surface area contributed by atoms with E-state index in [0.29, 0.717) is 0 Å². The standard InChI is InChI=1S/C50H14N12/c1-60-36-12-29(20-53)11-34(14-36)42(24-57)50-40-16-37-39(17-38(40)44(26-59)48(50)31-6-7-45(61-2)46(15-31)62-3)49(41(23-56)33-9-27(18-51)8-28(10-33)19-52)47(43(37)25-58)30-4-5-32(21-54)35(13-30)22-55/h4-17H/b49-41-,50-42-. The highest BCUT2D eigenvalue weighted by Crippen LogP contribution is 2.56. The molecule has 5 aromatic carbocycles. The van der Waals surface area contributed by atoms with Gasteiger partial charge in [-0.15, -0.1) is 0 Å². The van der Waals surface area contributed by atoms with E-state index in [4.69, 9.17) is 19.7 Å². The lowest BCUT2D eigenvalue weighted by Crippen LogP contribution is -1.97. The molecule has 0 saturated heterocycles. The predicted octanol–water partition coefficient (Wildman–Crippen LogP) is 10.5. The van der Waals surface area contributed by atoms with Crippen molar-refractivity contribution in [3.05, 3.63) is 192 Å². The van der Waals surface area contributed by atoms with Crippen molar-refractivity contribution < 1.29 is 0 Å². The van der Waals surface area contributed by atoms with Crippen LogP contribution in [0, 0.1) is 122 Å². The smallest absolute Gasteiger partial charge is 0.195 e.